The summed E-state index contributed by atoms with van der Waals surface area (Å²) in [6.45, 7) is 4.87. The largest absolute Gasteiger partial charge is 0.467 e. The standard InChI is InChI=1S/C15H24N2O8S/c1-15(2,3)25-14(23)16-7-8(18)9(19)10(20)12-17(11(7)21)6(5-26-12)13(22)24-4/h6-10,12,18-20H,5H2,1-4H3,(H,16,23)/t6-,7-,8+,9-,10+,12+/m0/s1. The van der Waals surface area contributed by atoms with Crippen LogP contribution >= 0.6 is 11.8 Å². The first-order chi connectivity index (χ1) is 12.0. The lowest BCUT2D eigenvalue weighted by molar-refractivity contribution is -0.153. The lowest BCUT2D eigenvalue weighted by Gasteiger charge is -2.30. The van der Waals surface area contributed by atoms with E-state index in [9.17, 15) is 29.7 Å². The van der Waals surface area contributed by atoms with Gasteiger partial charge in [0.05, 0.1) is 7.11 Å². The number of aliphatic hydroxyl groups excluding tert-OH is 3. The Morgan fingerprint density at radius 3 is 2.35 bits per heavy atom. The van der Waals surface area contributed by atoms with Crippen molar-refractivity contribution < 1.29 is 39.2 Å². The van der Waals surface area contributed by atoms with E-state index in [1.165, 1.54) is 7.11 Å². The Balaban J connectivity index is 2.31. The highest BCUT2D eigenvalue weighted by molar-refractivity contribution is 8.00. The van der Waals surface area contributed by atoms with Gasteiger partial charge < -0.3 is 35.0 Å². The molecule has 26 heavy (non-hydrogen) atoms. The average molecular weight is 392 g/mol. The highest BCUT2D eigenvalue weighted by Crippen LogP contribution is 2.36. The van der Waals surface area contributed by atoms with Crippen LogP contribution < -0.4 is 5.32 Å². The van der Waals surface area contributed by atoms with Crippen molar-refractivity contribution in [1.82, 2.24) is 10.2 Å². The van der Waals surface area contributed by atoms with Crippen molar-refractivity contribution in [3.05, 3.63) is 0 Å². The summed E-state index contributed by atoms with van der Waals surface area (Å²) in [7, 11) is 1.17. The SMILES string of the molecule is COC(=O)[C@@H]1CS[C@@H]2[C@H](O)[C@@H](O)[C@H](O)[C@H](NC(=O)OC(C)(C)C)C(=O)N21. The summed E-state index contributed by atoms with van der Waals surface area (Å²) < 4.78 is 9.75. The number of alkyl carbamates (subject to hydrolysis) is 1. The number of esters is 1. The molecule has 4 N–H and O–H groups in total. The van der Waals surface area contributed by atoms with Crippen LogP contribution in [0.25, 0.3) is 0 Å². The summed E-state index contributed by atoms with van der Waals surface area (Å²) in [6, 6.07) is -2.59. The minimum atomic E-state index is -1.78. The van der Waals surface area contributed by atoms with Gasteiger partial charge in [0, 0.05) is 5.75 Å². The summed E-state index contributed by atoms with van der Waals surface area (Å²) in [5, 5.41) is 32.0. The van der Waals surface area contributed by atoms with Gasteiger partial charge in [-0.15, -0.1) is 11.8 Å². The third-order valence-corrected chi connectivity index (χ3v) is 5.39. The molecule has 6 atom stereocenters. The summed E-state index contributed by atoms with van der Waals surface area (Å²) in [6.07, 6.45) is -5.98. The smallest absolute Gasteiger partial charge is 0.408 e. The van der Waals surface area contributed by atoms with Crippen LogP contribution in [0, 0.1) is 0 Å². The molecule has 2 amide bonds. The molecule has 10 nitrogen and oxygen atoms in total. The Morgan fingerprint density at radius 1 is 1.19 bits per heavy atom. The average Bonchev–Trinajstić information content (AvgIpc) is 2.97. The molecule has 2 fully saturated rings. The number of nitrogens with one attached hydrogen (secondary N) is 1. The van der Waals surface area contributed by atoms with Crippen LogP contribution in [-0.4, -0.2) is 92.4 Å². The number of ether oxygens (including phenoxy) is 2. The number of aliphatic hydroxyl groups is 3. The molecule has 11 heteroatoms. The fourth-order valence-corrected chi connectivity index (χ4v) is 4.29. The zero-order valence-electron chi connectivity index (χ0n) is 14.9. The van der Waals surface area contributed by atoms with E-state index >= 15 is 0 Å². The highest BCUT2D eigenvalue weighted by atomic mass is 32.2. The van der Waals surface area contributed by atoms with Crippen molar-refractivity contribution in [2.24, 2.45) is 0 Å². The molecular formula is C15H24N2O8S. The molecule has 0 aromatic carbocycles. The summed E-state index contributed by atoms with van der Waals surface area (Å²) in [5.74, 6) is -1.35. The number of amides is 2. The Bertz CT molecular complexity index is 580. The molecule has 2 heterocycles. The van der Waals surface area contributed by atoms with Crippen LogP contribution in [-0.2, 0) is 19.1 Å². The van der Waals surface area contributed by atoms with Crippen LogP contribution in [0.2, 0.25) is 0 Å². The predicted molar refractivity (Wildman–Crippen MR) is 90.1 cm³/mol. The highest BCUT2D eigenvalue weighted by Gasteiger charge is 2.55. The first-order valence-corrected chi connectivity index (χ1v) is 9.08. The first-order valence-electron chi connectivity index (χ1n) is 8.03. The van der Waals surface area contributed by atoms with Crippen molar-refractivity contribution in [1.29, 1.82) is 0 Å². The molecule has 2 aliphatic heterocycles. The number of nitrogens with zero attached hydrogens (tertiary/aromatic N) is 1. The van der Waals surface area contributed by atoms with Gasteiger partial charge in [-0.1, -0.05) is 0 Å². The molecule has 2 saturated heterocycles. The maximum Gasteiger partial charge on any atom is 0.408 e. The van der Waals surface area contributed by atoms with Crippen LogP contribution in [0.15, 0.2) is 0 Å². The molecule has 0 spiro atoms. The number of fused-ring (bicyclic) bond motifs is 1. The van der Waals surface area contributed by atoms with E-state index < -0.39 is 59.3 Å². The molecule has 0 bridgehead atoms. The van der Waals surface area contributed by atoms with Crippen molar-refractivity contribution in [3.63, 3.8) is 0 Å². The number of hydrogen-bond acceptors (Lipinski definition) is 9. The van der Waals surface area contributed by atoms with E-state index in [1.807, 2.05) is 0 Å². The van der Waals surface area contributed by atoms with Crippen molar-refractivity contribution in [3.8, 4) is 0 Å². The Hall–Kier alpha value is -1.56. The van der Waals surface area contributed by atoms with E-state index in [-0.39, 0.29) is 5.75 Å². The minimum absolute atomic E-state index is 0.155. The normalized spacial score (nSPS) is 34.7. The summed E-state index contributed by atoms with van der Waals surface area (Å²) in [4.78, 5) is 37.9. The van der Waals surface area contributed by atoms with Gasteiger partial charge in [-0.05, 0) is 20.8 Å². The Kier molecular flexibility index (Phi) is 6.06. The van der Waals surface area contributed by atoms with Crippen molar-refractivity contribution in [2.75, 3.05) is 12.9 Å². The van der Waals surface area contributed by atoms with Crippen LogP contribution in [0.1, 0.15) is 20.8 Å². The number of carbonyl (C=O) groups is 3. The van der Waals surface area contributed by atoms with E-state index in [0.29, 0.717) is 0 Å². The molecule has 0 aromatic rings. The van der Waals surface area contributed by atoms with Crippen LogP contribution in [0.5, 0.6) is 0 Å². The van der Waals surface area contributed by atoms with E-state index in [1.54, 1.807) is 20.8 Å². The minimum Gasteiger partial charge on any atom is -0.467 e. The lowest BCUT2D eigenvalue weighted by Crippen LogP contribution is -2.58. The molecule has 0 saturated carbocycles. The molecule has 0 unspecified atom stereocenters. The molecule has 148 valence electrons. The van der Waals surface area contributed by atoms with Crippen molar-refractivity contribution in [2.45, 2.75) is 62.1 Å². The van der Waals surface area contributed by atoms with Crippen LogP contribution in [0.4, 0.5) is 4.79 Å². The third kappa shape index (κ3) is 4.05. The second kappa shape index (κ2) is 7.59. The van der Waals surface area contributed by atoms with Gasteiger partial charge in [0.25, 0.3) is 0 Å². The third-order valence-electron chi connectivity index (χ3n) is 4.03. The number of rotatable bonds is 2. The van der Waals surface area contributed by atoms with Gasteiger partial charge in [0.2, 0.25) is 5.91 Å². The fourth-order valence-electron chi connectivity index (χ4n) is 2.84. The summed E-state index contributed by atoms with van der Waals surface area (Å²) >= 11 is 1.08. The maximum absolute atomic E-state index is 12.9. The molecule has 0 radical (unpaired) electrons. The maximum atomic E-state index is 12.9. The van der Waals surface area contributed by atoms with E-state index in [2.05, 4.69) is 10.1 Å². The number of thioether (sulfide) groups is 1. The number of carbonyl (C=O) groups excluding carboxylic acids is 3. The fraction of sp³-hybridized carbons (Fsp3) is 0.800. The lowest BCUT2D eigenvalue weighted by atomic mass is 10.0. The van der Waals surface area contributed by atoms with E-state index in [0.717, 1.165) is 16.7 Å². The topological polar surface area (TPSA) is 146 Å². The first kappa shape index (κ1) is 20.7. The predicted octanol–water partition coefficient (Wildman–Crippen LogP) is -1.58. The van der Waals surface area contributed by atoms with Gasteiger partial charge in [-0.25, -0.2) is 9.59 Å². The second-order valence-electron chi connectivity index (χ2n) is 7.10. The van der Waals surface area contributed by atoms with Crippen LogP contribution in [0.3, 0.4) is 0 Å². The molecule has 0 aliphatic carbocycles. The second-order valence-corrected chi connectivity index (χ2v) is 8.25. The molecular weight excluding hydrogens is 368 g/mol. The molecule has 2 rings (SSSR count). The zero-order valence-corrected chi connectivity index (χ0v) is 15.7. The molecule has 0 aromatic heterocycles. The number of hydrogen-bond donors (Lipinski definition) is 4. The van der Waals surface area contributed by atoms with Crippen molar-refractivity contribution >= 4 is 29.7 Å². The zero-order chi connectivity index (χ0) is 19.8. The number of methoxy groups -OCH3 is 1. The van der Waals surface area contributed by atoms with Gasteiger partial charge >= 0.3 is 12.1 Å². The van der Waals surface area contributed by atoms with Gasteiger partial charge in [0.1, 0.15) is 41.4 Å². The van der Waals surface area contributed by atoms with Gasteiger partial charge in [-0.3, -0.25) is 4.79 Å². The Morgan fingerprint density at radius 2 is 1.81 bits per heavy atom. The van der Waals surface area contributed by atoms with Gasteiger partial charge in [-0.2, -0.15) is 0 Å². The van der Waals surface area contributed by atoms with Gasteiger partial charge in [0.15, 0.2) is 0 Å². The summed E-state index contributed by atoms with van der Waals surface area (Å²) in [5.41, 5.74) is -0.846. The van der Waals surface area contributed by atoms with E-state index in [4.69, 9.17) is 4.74 Å². The molecule has 2 aliphatic rings. The Labute approximate surface area is 154 Å². The monoisotopic (exact) mass is 392 g/mol. The quantitative estimate of drug-likeness (QED) is 0.409.